The third kappa shape index (κ3) is 4.41. The third-order valence-corrected chi connectivity index (χ3v) is 4.19. The summed E-state index contributed by atoms with van der Waals surface area (Å²) < 4.78 is 13.6. The molecule has 2 heterocycles. The number of fused-ring (bicyclic) bond motifs is 1. The van der Waals surface area contributed by atoms with Crippen LogP contribution >= 0.6 is 0 Å². The van der Waals surface area contributed by atoms with E-state index in [0.29, 0.717) is 19.2 Å². The molecule has 25 heavy (non-hydrogen) atoms. The fraction of sp³-hybridized carbons (Fsp3) is 0.500. The van der Waals surface area contributed by atoms with Gasteiger partial charge in [-0.15, -0.1) is 0 Å². The molecule has 0 amide bonds. The fourth-order valence-corrected chi connectivity index (χ4v) is 3.09. The first-order valence-electron chi connectivity index (χ1n) is 8.83. The first kappa shape index (κ1) is 17.5. The van der Waals surface area contributed by atoms with E-state index in [1.807, 2.05) is 23.6 Å². The lowest BCUT2D eigenvalue weighted by molar-refractivity contribution is 0.143. The van der Waals surface area contributed by atoms with Crippen LogP contribution in [-0.2, 0) is 19.4 Å². The van der Waals surface area contributed by atoms with Crippen LogP contribution in [0.25, 0.3) is 0 Å². The molecule has 1 atom stereocenters. The molecular weight excluding hydrogens is 316 g/mol. The first-order chi connectivity index (χ1) is 11.8. The Hall–Kier alpha value is -2.30. The van der Waals surface area contributed by atoms with Gasteiger partial charge < -0.3 is 9.47 Å². The molecule has 0 aliphatic carbocycles. The van der Waals surface area contributed by atoms with Crippen molar-refractivity contribution in [2.75, 3.05) is 6.61 Å². The van der Waals surface area contributed by atoms with E-state index in [4.69, 9.17) is 9.47 Å². The highest BCUT2D eigenvalue weighted by atomic mass is 16.6. The van der Waals surface area contributed by atoms with Gasteiger partial charge in [-0.05, 0) is 36.0 Å². The van der Waals surface area contributed by atoms with Crippen LogP contribution in [0.2, 0.25) is 0 Å². The SMILES string of the molecule is CCc1cc(=O)nc2n1C[C@@H](COc1ccc(CC(C)(C)C)cc1)O2. The van der Waals surface area contributed by atoms with E-state index in [1.54, 1.807) is 6.07 Å². The highest BCUT2D eigenvalue weighted by Gasteiger charge is 2.26. The summed E-state index contributed by atoms with van der Waals surface area (Å²) in [5.41, 5.74) is 2.27. The van der Waals surface area contributed by atoms with E-state index < -0.39 is 0 Å². The zero-order valence-electron chi connectivity index (χ0n) is 15.4. The molecule has 0 unspecified atom stereocenters. The Bertz CT molecular complexity index is 788. The van der Waals surface area contributed by atoms with Gasteiger partial charge in [0.2, 0.25) is 0 Å². The number of aromatic nitrogens is 2. The summed E-state index contributed by atoms with van der Waals surface area (Å²) in [5.74, 6) is 0.829. The molecule has 0 radical (unpaired) electrons. The van der Waals surface area contributed by atoms with Gasteiger partial charge in [0.05, 0.1) is 6.54 Å². The molecule has 0 saturated carbocycles. The molecule has 1 aromatic carbocycles. The number of hydrogen-bond donors (Lipinski definition) is 0. The van der Waals surface area contributed by atoms with Gasteiger partial charge in [-0.25, -0.2) is 0 Å². The van der Waals surface area contributed by atoms with Crippen LogP contribution in [0.1, 0.15) is 39.0 Å². The zero-order valence-corrected chi connectivity index (χ0v) is 15.4. The molecule has 1 aliphatic rings. The molecule has 0 fully saturated rings. The monoisotopic (exact) mass is 342 g/mol. The van der Waals surface area contributed by atoms with Crippen LogP contribution in [0, 0.1) is 5.41 Å². The van der Waals surface area contributed by atoms with Crippen molar-refractivity contribution < 1.29 is 9.47 Å². The van der Waals surface area contributed by atoms with Crippen LogP contribution in [-0.4, -0.2) is 22.3 Å². The van der Waals surface area contributed by atoms with Crippen molar-refractivity contribution in [1.29, 1.82) is 0 Å². The molecule has 0 saturated heterocycles. The van der Waals surface area contributed by atoms with E-state index in [0.717, 1.165) is 24.3 Å². The second kappa shape index (κ2) is 6.90. The van der Waals surface area contributed by atoms with Gasteiger partial charge in [-0.3, -0.25) is 9.36 Å². The first-order valence-corrected chi connectivity index (χ1v) is 8.83. The van der Waals surface area contributed by atoms with Gasteiger partial charge in [0, 0.05) is 11.8 Å². The quantitative estimate of drug-likeness (QED) is 0.837. The molecular formula is C20H26N2O3. The van der Waals surface area contributed by atoms with E-state index in [1.165, 1.54) is 5.56 Å². The molecule has 5 heteroatoms. The smallest absolute Gasteiger partial charge is 0.300 e. The molecule has 0 spiro atoms. The van der Waals surface area contributed by atoms with Crippen molar-refractivity contribution >= 4 is 0 Å². The number of aryl methyl sites for hydroxylation is 1. The lowest BCUT2D eigenvalue weighted by Gasteiger charge is -2.18. The third-order valence-electron chi connectivity index (χ3n) is 4.19. The minimum atomic E-state index is -0.251. The van der Waals surface area contributed by atoms with Crippen LogP contribution < -0.4 is 15.0 Å². The predicted molar refractivity (Wildman–Crippen MR) is 97.4 cm³/mol. The summed E-state index contributed by atoms with van der Waals surface area (Å²) in [5, 5.41) is 0. The molecule has 1 aliphatic heterocycles. The minimum Gasteiger partial charge on any atom is -0.490 e. The van der Waals surface area contributed by atoms with Crippen molar-refractivity contribution in [3.05, 3.63) is 51.9 Å². The van der Waals surface area contributed by atoms with Gasteiger partial charge in [0.1, 0.15) is 12.4 Å². The number of benzene rings is 1. The van der Waals surface area contributed by atoms with Gasteiger partial charge >= 0.3 is 0 Å². The van der Waals surface area contributed by atoms with Crippen molar-refractivity contribution in [1.82, 2.24) is 9.55 Å². The van der Waals surface area contributed by atoms with Gasteiger partial charge in [-0.2, -0.15) is 4.98 Å². The van der Waals surface area contributed by atoms with E-state index in [2.05, 4.69) is 37.9 Å². The summed E-state index contributed by atoms with van der Waals surface area (Å²) in [6, 6.07) is 10.2. The fourth-order valence-electron chi connectivity index (χ4n) is 3.09. The minimum absolute atomic E-state index is 0.131. The average molecular weight is 342 g/mol. The zero-order chi connectivity index (χ0) is 18.0. The molecule has 0 N–H and O–H groups in total. The average Bonchev–Trinajstić information content (AvgIpc) is 2.94. The van der Waals surface area contributed by atoms with Crippen molar-refractivity contribution in [3.8, 4) is 11.8 Å². The van der Waals surface area contributed by atoms with Gasteiger partial charge in [0.25, 0.3) is 11.6 Å². The van der Waals surface area contributed by atoms with E-state index in [-0.39, 0.29) is 17.1 Å². The highest BCUT2D eigenvalue weighted by molar-refractivity contribution is 5.28. The second-order valence-corrected chi connectivity index (χ2v) is 7.76. The second-order valence-electron chi connectivity index (χ2n) is 7.76. The topological polar surface area (TPSA) is 53.4 Å². The van der Waals surface area contributed by atoms with Crippen molar-refractivity contribution in [2.45, 2.75) is 53.2 Å². The van der Waals surface area contributed by atoms with Crippen LogP contribution in [0.5, 0.6) is 11.8 Å². The summed E-state index contributed by atoms with van der Waals surface area (Å²) >= 11 is 0. The summed E-state index contributed by atoms with van der Waals surface area (Å²) in [7, 11) is 0. The standard InChI is InChI=1S/C20H26N2O3/c1-5-15-10-18(23)21-19-22(15)12-17(25-19)13-24-16-8-6-14(7-9-16)11-20(2,3)4/h6-10,17H,5,11-13H2,1-4H3/t17-/m0/s1. The Kier molecular flexibility index (Phi) is 4.84. The largest absolute Gasteiger partial charge is 0.490 e. The molecule has 2 aromatic rings. The maximum absolute atomic E-state index is 11.6. The Balaban J connectivity index is 1.59. The van der Waals surface area contributed by atoms with Crippen molar-refractivity contribution in [3.63, 3.8) is 0 Å². The lowest BCUT2D eigenvalue weighted by Crippen LogP contribution is -2.23. The highest BCUT2D eigenvalue weighted by Crippen LogP contribution is 2.24. The molecule has 5 nitrogen and oxygen atoms in total. The lowest BCUT2D eigenvalue weighted by atomic mass is 9.88. The van der Waals surface area contributed by atoms with Crippen LogP contribution in [0.3, 0.4) is 0 Å². The van der Waals surface area contributed by atoms with Crippen LogP contribution in [0.4, 0.5) is 0 Å². The molecule has 0 bridgehead atoms. The van der Waals surface area contributed by atoms with Crippen LogP contribution in [0.15, 0.2) is 35.1 Å². The Morgan fingerprint density at radius 3 is 2.64 bits per heavy atom. The number of nitrogens with zero attached hydrogens (tertiary/aromatic N) is 2. The number of ether oxygens (including phenoxy) is 2. The Morgan fingerprint density at radius 2 is 2.00 bits per heavy atom. The normalized spacial score (nSPS) is 16.4. The Morgan fingerprint density at radius 1 is 1.28 bits per heavy atom. The summed E-state index contributed by atoms with van der Waals surface area (Å²) in [4.78, 5) is 15.5. The molecule has 134 valence electrons. The maximum Gasteiger partial charge on any atom is 0.300 e. The summed E-state index contributed by atoms with van der Waals surface area (Å²) in [6.07, 6.45) is 1.68. The van der Waals surface area contributed by atoms with E-state index >= 15 is 0 Å². The summed E-state index contributed by atoms with van der Waals surface area (Å²) in [6.45, 7) is 9.81. The number of rotatable bonds is 5. The van der Waals surface area contributed by atoms with Gasteiger partial charge in [0.15, 0.2) is 6.10 Å². The molecule has 1 aromatic heterocycles. The Labute approximate surface area is 148 Å². The number of hydrogen-bond acceptors (Lipinski definition) is 4. The van der Waals surface area contributed by atoms with E-state index in [9.17, 15) is 4.79 Å². The molecule has 3 rings (SSSR count). The van der Waals surface area contributed by atoms with Crippen molar-refractivity contribution in [2.24, 2.45) is 5.41 Å². The van der Waals surface area contributed by atoms with Gasteiger partial charge in [-0.1, -0.05) is 39.8 Å². The predicted octanol–water partition coefficient (Wildman–Crippen LogP) is 3.23. The maximum atomic E-state index is 11.6.